The predicted molar refractivity (Wildman–Crippen MR) is 74.0 cm³/mol. The highest BCUT2D eigenvalue weighted by Crippen LogP contribution is 2.40. The van der Waals surface area contributed by atoms with Crippen molar-refractivity contribution in [2.24, 2.45) is 5.41 Å². The zero-order valence-corrected chi connectivity index (χ0v) is 11.2. The highest BCUT2D eigenvalue weighted by Gasteiger charge is 2.44. The first kappa shape index (κ1) is 14.8. The van der Waals surface area contributed by atoms with Crippen LogP contribution in [-0.4, -0.2) is 28.6 Å². The Morgan fingerprint density at radius 2 is 1.90 bits per heavy atom. The second kappa shape index (κ2) is 5.78. The number of nitrogens with zero attached hydrogens (tertiary/aromatic N) is 1. The summed E-state index contributed by atoms with van der Waals surface area (Å²) in [5.74, 6) is -0.899. The number of carbonyl (C=O) groups excluding carboxylic acids is 1. The van der Waals surface area contributed by atoms with Crippen LogP contribution in [0.3, 0.4) is 0 Å². The number of anilines is 1. The lowest BCUT2D eigenvalue weighted by atomic mass is 9.69. The van der Waals surface area contributed by atoms with Crippen molar-refractivity contribution in [2.75, 3.05) is 11.9 Å². The van der Waals surface area contributed by atoms with Crippen molar-refractivity contribution >= 4 is 23.4 Å². The molecule has 1 aromatic rings. The van der Waals surface area contributed by atoms with Crippen LogP contribution in [0.5, 0.6) is 0 Å². The van der Waals surface area contributed by atoms with Crippen LogP contribution in [0.4, 0.5) is 16.2 Å². The number of urea groups is 1. The Labute approximate surface area is 120 Å². The molecule has 0 radical (unpaired) electrons. The molecule has 1 saturated carbocycles. The number of hydrogen-bond acceptors (Lipinski definition) is 4. The van der Waals surface area contributed by atoms with E-state index in [0.29, 0.717) is 18.5 Å². The van der Waals surface area contributed by atoms with Gasteiger partial charge in [0.2, 0.25) is 0 Å². The summed E-state index contributed by atoms with van der Waals surface area (Å²) in [6.45, 7) is 0.0706. The van der Waals surface area contributed by atoms with E-state index in [9.17, 15) is 19.7 Å². The van der Waals surface area contributed by atoms with E-state index in [0.717, 1.165) is 6.42 Å². The largest absolute Gasteiger partial charge is 0.481 e. The molecule has 0 aromatic heterocycles. The van der Waals surface area contributed by atoms with Gasteiger partial charge >= 0.3 is 12.0 Å². The van der Waals surface area contributed by atoms with Crippen molar-refractivity contribution in [1.82, 2.24) is 5.32 Å². The number of benzene rings is 1. The smallest absolute Gasteiger partial charge is 0.319 e. The highest BCUT2D eigenvalue weighted by molar-refractivity contribution is 5.89. The minimum absolute atomic E-state index is 0.0692. The van der Waals surface area contributed by atoms with Crippen LogP contribution in [0.1, 0.15) is 19.3 Å². The molecule has 1 aliphatic carbocycles. The van der Waals surface area contributed by atoms with Crippen LogP contribution in [0.15, 0.2) is 24.3 Å². The highest BCUT2D eigenvalue weighted by atomic mass is 16.6. The lowest BCUT2D eigenvalue weighted by Gasteiger charge is -2.37. The molecular weight excluding hydrogens is 278 g/mol. The van der Waals surface area contributed by atoms with Gasteiger partial charge in [0.25, 0.3) is 5.69 Å². The summed E-state index contributed by atoms with van der Waals surface area (Å²) < 4.78 is 0. The quantitative estimate of drug-likeness (QED) is 0.566. The van der Waals surface area contributed by atoms with E-state index >= 15 is 0 Å². The molecule has 1 aromatic carbocycles. The summed E-state index contributed by atoms with van der Waals surface area (Å²) >= 11 is 0. The zero-order chi connectivity index (χ0) is 15.5. The van der Waals surface area contributed by atoms with Crippen molar-refractivity contribution in [2.45, 2.75) is 19.3 Å². The number of nitro benzene ring substituents is 1. The van der Waals surface area contributed by atoms with Crippen LogP contribution in [0.25, 0.3) is 0 Å². The molecule has 21 heavy (non-hydrogen) atoms. The molecule has 0 atom stereocenters. The molecule has 8 nitrogen and oxygen atoms in total. The topological polar surface area (TPSA) is 122 Å². The fourth-order valence-corrected chi connectivity index (χ4v) is 2.16. The summed E-state index contributed by atoms with van der Waals surface area (Å²) in [5.41, 5.74) is -0.524. The molecule has 8 heteroatoms. The number of hydrogen-bond donors (Lipinski definition) is 3. The molecule has 112 valence electrons. The van der Waals surface area contributed by atoms with Gasteiger partial charge in [-0.15, -0.1) is 0 Å². The molecule has 0 unspecified atom stereocenters. The van der Waals surface area contributed by atoms with Crippen LogP contribution < -0.4 is 10.6 Å². The van der Waals surface area contributed by atoms with Crippen molar-refractivity contribution in [3.05, 3.63) is 34.4 Å². The fourth-order valence-electron chi connectivity index (χ4n) is 2.16. The number of amides is 2. The Kier molecular flexibility index (Phi) is 4.06. The minimum atomic E-state index is -0.899. The Morgan fingerprint density at radius 1 is 1.29 bits per heavy atom. The van der Waals surface area contributed by atoms with Crippen LogP contribution >= 0.6 is 0 Å². The molecule has 1 fully saturated rings. The third-order valence-corrected chi connectivity index (χ3v) is 3.69. The van der Waals surface area contributed by atoms with E-state index < -0.39 is 22.3 Å². The van der Waals surface area contributed by atoms with Crippen LogP contribution in [0, 0.1) is 15.5 Å². The zero-order valence-electron chi connectivity index (χ0n) is 11.2. The second-order valence-corrected chi connectivity index (χ2v) is 5.05. The Morgan fingerprint density at radius 3 is 2.33 bits per heavy atom. The maximum Gasteiger partial charge on any atom is 0.319 e. The number of aliphatic carboxylic acids is 1. The molecule has 0 spiro atoms. The fraction of sp³-hybridized carbons (Fsp3) is 0.385. The van der Waals surface area contributed by atoms with Gasteiger partial charge in [0.1, 0.15) is 0 Å². The van der Waals surface area contributed by atoms with Gasteiger partial charge in [0.15, 0.2) is 0 Å². The van der Waals surface area contributed by atoms with Gasteiger partial charge in [-0.3, -0.25) is 14.9 Å². The van der Waals surface area contributed by atoms with Crippen molar-refractivity contribution < 1.29 is 19.6 Å². The van der Waals surface area contributed by atoms with E-state index in [-0.39, 0.29) is 12.2 Å². The third-order valence-electron chi connectivity index (χ3n) is 3.69. The Balaban J connectivity index is 1.87. The molecule has 1 aliphatic rings. The van der Waals surface area contributed by atoms with Gasteiger partial charge in [-0.2, -0.15) is 0 Å². The third kappa shape index (κ3) is 3.28. The number of nitro groups is 1. The standard InChI is InChI=1S/C13H15N3O5/c17-11(18)13(6-1-7-13)8-14-12(19)15-9-2-4-10(5-3-9)16(20)21/h2-5H,1,6-8H2,(H,17,18)(H2,14,15,19). The lowest BCUT2D eigenvalue weighted by molar-refractivity contribution is -0.384. The number of carboxylic acids is 1. The summed E-state index contributed by atoms with van der Waals surface area (Å²) in [5, 5.41) is 24.7. The lowest BCUT2D eigenvalue weighted by Crippen LogP contribution is -2.48. The maximum absolute atomic E-state index is 11.7. The molecule has 0 aliphatic heterocycles. The molecule has 0 saturated heterocycles. The summed E-state index contributed by atoms with van der Waals surface area (Å²) in [7, 11) is 0. The van der Waals surface area contributed by atoms with Crippen LogP contribution in [-0.2, 0) is 4.79 Å². The van der Waals surface area contributed by atoms with Gasteiger partial charge in [0, 0.05) is 24.4 Å². The van der Waals surface area contributed by atoms with E-state index in [4.69, 9.17) is 5.11 Å². The maximum atomic E-state index is 11.7. The first-order valence-electron chi connectivity index (χ1n) is 6.46. The van der Waals surface area contributed by atoms with Gasteiger partial charge in [-0.05, 0) is 25.0 Å². The van der Waals surface area contributed by atoms with E-state index in [1.54, 1.807) is 0 Å². The number of carboxylic acid groups (broad SMARTS) is 1. The van der Waals surface area contributed by atoms with Crippen molar-refractivity contribution in [1.29, 1.82) is 0 Å². The summed E-state index contributed by atoms with van der Waals surface area (Å²) in [6, 6.07) is 4.85. The molecule has 3 N–H and O–H groups in total. The number of nitrogens with one attached hydrogen (secondary N) is 2. The van der Waals surface area contributed by atoms with E-state index in [2.05, 4.69) is 10.6 Å². The van der Waals surface area contributed by atoms with Gasteiger partial charge in [-0.25, -0.2) is 4.79 Å². The molecule has 0 bridgehead atoms. The Bertz CT molecular complexity index is 566. The van der Waals surface area contributed by atoms with Gasteiger partial charge in [-0.1, -0.05) is 6.42 Å². The van der Waals surface area contributed by atoms with E-state index in [1.807, 2.05) is 0 Å². The minimum Gasteiger partial charge on any atom is -0.481 e. The number of non-ortho nitro benzene ring substituents is 1. The van der Waals surface area contributed by atoms with Crippen molar-refractivity contribution in [3.8, 4) is 0 Å². The van der Waals surface area contributed by atoms with Gasteiger partial charge in [0.05, 0.1) is 10.3 Å². The van der Waals surface area contributed by atoms with Crippen molar-refractivity contribution in [3.63, 3.8) is 0 Å². The average molecular weight is 293 g/mol. The molecular formula is C13H15N3O5. The van der Waals surface area contributed by atoms with E-state index in [1.165, 1.54) is 24.3 Å². The summed E-state index contributed by atoms with van der Waals surface area (Å²) in [6.07, 6.45) is 1.96. The molecule has 0 heterocycles. The first-order valence-corrected chi connectivity index (χ1v) is 6.46. The Hall–Kier alpha value is -2.64. The second-order valence-electron chi connectivity index (χ2n) is 5.05. The number of carbonyl (C=O) groups is 2. The normalized spacial score (nSPS) is 15.6. The summed E-state index contributed by atoms with van der Waals surface area (Å²) in [4.78, 5) is 32.8. The molecule has 2 rings (SSSR count). The average Bonchev–Trinajstić information content (AvgIpc) is 2.37. The number of rotatable bonds is 5. The molecule has 2 amide bonds. The predicted octanol–water partition coefficient (Wildman–Crippen LogP) is 1.97. The SMILES string of the molecule is O=C(NCC1(C(=O)O)CCC1)Nc1ccc([N+](=O)[O-])cc1. The van der Waals surface area contributed by atoms with Crippen LogP contribution in [0.2, 0.25) is 0 Å². The van der Waals surface area contributed by atoms with Gasteiger partial charge < -0.3 is 15.7 Å². The monoisotopic (exact) mass is 293 g/mol. The first-order chi connectivity index (χ1) is 9.93.